The van der Waals surface area contributed by atoms with E-state index in [2.05, 4.69) is 15.2 Å². The van der Waals surface area contributed by atoms with Crippen LogP contribution >= 0.6 is 24.0 Å². The van der Waals surface area contributed by atoms with Crippen molar-refractivity contribution in [3.63, 3.8) is 0 Å². The first kappa shape index (κ1) is 23.5. The molecule has 162 valence electrons. The minimum absolute atomic E-state index is 0. The van der Waals surface area contributed by atoms with Crippen molar-refractivity contribution in [2.24, 2.45) is 16.8 Å². The van der Waals surface area contributed by atoms with Crippen LogP contribution in [0, 0.1) is 11.8 Å². The molecule has 3 rings (SSSR count). The highest BCUT2D eigenvalue weighted by atomic mass is 127. The molecule has 1 saturated heterocycles. The summed E-state index contributed by atoms with van der Waals surface area (Å²) in [5, 5.41) is 3.52. The maximum atomic E-state index is 12.8. The Balaban J connectivity index is 0.00000280. The lowest BCUT2D eigenvalue weighted by atomic mass is 10.0. The zero-order valence-electron chi connectivity index (χ0n) is 18.1. The van der Waals surface area contributed by atoms with Crippen LogP contribution in [0.15, 0.2) is 4.99 Å². The Bertz CT molecular complexity index is 533. The summed E-state index contributed by atoms with van der Waals surface area (Å²) in [7, 11) is 1.87. The highest BCUT2D eigenvalue weighted by Crippen LogP contribution is 2.33. The van der Waals surface area contributed by atoms with Crippen molar-refractivity contribution in [3.05, 3.63) is 0 Å². The first-order valence-corrected chi connectivity index (χ1v) is 10.8. The first-order valence-electron chi connectivity index (χ1n) is 10.8. The van der Waals surface area contributed by atoms with Gasteiger partial charge in [-0.3, -0.25) is 4.99 Å². The van der Waals surface area contributed by atoms with Crippen LogP contribution in [0.4, 0.5) is 4.79 Å². The molecule has 1 amide bonds. The lowest BCUT2D eigenvalue weighted by Gasteiger charge is -2.40. The first-order chi connectivity index (χ1) is 12.9. The summed E-state index contributed by atoms with van der Waals surface area (Å²) >= 11 is 0. The third-order valence-corrected chi connectivity index (χ3v) is 5.73. The fraction of sp³-hybridized carbons (Fsp3) is 0.905. The lowest BCUT2D eigenvalue weighted by molar-refractivity contribution is 0.00928. The third kappa shape index (κ3) is 7.59. The summed E-state index contributed by atoms with van der Waals surface area (Å²) in [6.45, 7) is 9.59. The Morgan fingerprint density at radius 1 is 1.11 bits per heavy atom. The summed E-state index contributed by atoms with van der Waals surface area (Å²) in [5.41, 5.74) is -0.437. The number of amides is 1. The zero-order chi connectivity index (χ0) is 19.4. The molecule has 0 radical (unpaired) electrons. The summed E-state index contributed by atoms with van der Waals surface area (Å²) in [4.78, 5) is 21.6. The van der Waals surface area contributed by atoms with Crippen molar-refractivity contribution >= 4 is 36.0 Å². The van der Waals surface area contributed by atoms with Crippen LogP contribution in [-0.4, -0.2) is 66.7 Å². The second-order valence-electron chi connectivity index (χ2n) is 9.50. The molecule has 3 aliphatic rings. The molecule has 28 heavy (non-hydrogen) atoms. The fourth-order valence-electron chi connectivity index (χ4n) is 3.79. The van der Waals surface area contributed by atoms with Gasteiger partial charge in [-0.1, -0.05) is 12.8 Å². The SMILES string of the molecule is CN=C(NCCC1CC1)N1CCC(N(CC2CC2)C(=O)OC(C)(C)C)CC1.I. The van der Waals surface area contributed by atoms with Crippen LogP contribution in [0.5, 0.6) is 0 Å². The standard InChI is InChI=1S/C21H38N4O2.HI/c1-21(2,3)27-20(26)25(15-17-7-8-17)18-10-13-24(14-11-18)19(22-4)23-12-9-16-5-6-16;/h16-18H,5-15H2,1-4H3,(H,22,23);1H. The summed E-state index contributed by atoms with van der Waals surface area (Å²) in [5.74, 6) is 2.62. The summed E-state index contributed by atoms with van der Waals surface area (Å²) in [6, 6.07) is 0.279. The number of carbonyl (C=O) groups excluding carboxylic acids is 1. The van der Waals surface area contributed by atoms with E-state index in [0.717, 1.165) is 50.9 Å². The van der Waals surface area contributed by atoms with Crippen LogP contribution in [0.3, 0.4) is 0 Å². The van der Waals surface area contributed by atoms with E-state index < -0.39 is 5.60 Å². The Morgan fingerprint density at radius 2 is 1.71 bits per heavy atom. The van der Waals surface area contributed by atoms with Crippen molar-refractivity contribution < 1.29 is 9.53 Å². The minimum Gasteiger partial charge on any atom is -0.444 e. The molecule has 6 nitrogen and oxygen atoms in total. The van der Waals surface area contributed by atoms with Crippen molar-refractivity contribution in [2.45, 2.75) is 77.4 Å². The van der Waals surface area contributed by atoms with Gasteiger partial charge in [0.15, 0.2) is 5.96 Å². The smallest absolute Gasteiger partial charge is 0.410 e. The topological polar surface area (TPSA) is 57.2 Å². The number of nitrogens with zero attached hydrogens (tertiary/aromatic N) is 3. The highest BCUT2D eigenvalue weighted by Gasteiger charge is 2.35. The van der Waals surface area contributed by atoms with Crippen LogP contribution in [0.1, 0.15) is 65.7 Å². The predicted octanol–water partition coefficient (Wildman–Crippen LogP) is 4.09. The van der Waals surface area contributed by atoms with Crippen molar-refractivity contribution in [1.82, 2.24) is 15.1 Å². The number of piperidine rings is 1. The van der Waals surface area contributed by atoms with Crippen LogP contribution in [-0.2, 0) is 4.74 Å². The molecule has 1 N–H and O–H groups in total. The average molecular weight is 506 g/mol. The second-order valence-corrected chi connectivity index (χ2v) is 9.50. The van der Waals surface area contributed by atoms with Crippen molar-refractivity contribution in [3.8, 4) is 0 Å². The predicted molar refractivity (Wildman–Crippen MR) is 124 cm³/mol. The van der Waals surface area contributed by atoms with Gasteiger partial charge in [-0.2, -0.15) is 0 Å². The van der Waals surface area contributed by atoms with E-state index in [4.69, 9.17) is 4.74 Å². The fourth-order valence-corrected chi connectivity index (χ4v) is 3.79. The van der Waals surface area contributed by atoms with Crippen molar-refractivity contribution in [1.29, 1.82) is 0 Å². The van der Waals surface area contributed by atoms with Gasteiger partial charge in [0.1, 0.15) is 5.60 Å². The van der Waals surface area contributed by atoms with E-state index in [1.807, 2.05) is 32.7 Å². The van der Waals surface area contributed by atoms with Gasteiger partial charge in [0.05, 0.1) is 0 Å². The number of halogens is 1. The van der Waals surface area contributed by atoms with E-state index in [1.165, 1.54) is 32.1 Å². The maximum Gasteiger partial charge on any atom is 0.410 e. The number of hydrogen-bond acceptors (Lipinski definition) is 3. The van der Waals surface area contributed by atoms with Crippen LogP contribution < -0.4 is 5.32 Å². The number of ether oxygens (including phenoxy) is 1. The van der Waals surface area contributed by atoms with Gasteiger partial charge in [-0.05, 0) is 64.7 Å². The number of nitrogens with one attached hydrogen (secondary N) is 1. The summed E-state index contributed by atoms with van der Waals surface area (Å²) < 4.78 is 5.70. The normalized spacial score (nSPS) is 21.1. The van der Waals surface area contributed by atoms with E-state index in [0.29, 0.717) is 5.92 Å². The number of carbonyl (C=O) groups is 1. The zero-order valence-corrected chi connectivity index (χ0v) is 20.4. The summed E-state index contributed by atoms with van der Waals surface area (Å²) in [6.07, 6.45) is 8.36. The monoisotopic (exact) mass is 506 g/mol. The number of aliphatic imine (C=N–C) groups is 1. The number of hydrogen-bond donors (Lipinski definition) is 1. The molecule has 1 aliphatic heterocycles. The minimum atomic E-state index is -0.437. The molecule has 1 heterocycles. The molecule has 0 aromatic heterocycles. The molecule has 3 fully saturated rings. The van der Waals surface area contributed by atoms with Gasteiger partial charge in [-0.25, -0.2) is 4.79 Å². The largest absolute Gasteiger partial charge is 0.444 e. The van der Waals surface area contributed by atoms with E-state index in [-0.39, 0.29) is 36.1 Å². The van der Waals surface area contributed by atoms with Crippen molar-refractivity contribution in [2.75, 3.05) is 33.2 Å². The highest BCUT2D eigenvalue weighted by molar-refractivity contribution is 14.0. The molecule has 2 saturated carbocycles. The second kappa shape index (κ2) is 10.3. The Morgan fingerprint density at radius 3 is 2.21 bits per heavy atom. The third-order valence-electron chi connectivity index (χ3n) is 5.73. The molecule has 0 aromatic carbocycles. The molecule has 7 heteroatoms. The molecule has 0 aromatic rings. The Kier molecular flexibility index (Phi) is 8.70. The van der Waals surface area contributed by atoms with Crippen LogP contribution in [0.25, 0.3) is 0 Å². The van der Waals surface area contributed by atoms with Gasteiger partial charge in [0, 0.05) is 39.3 Å². The molecule has 0 bridgehead atoms. The average Bonchev–Trinajstić information content (AvgIpc) is 3.51. The van der Waals surface area contributed by atoms with Gasteiger partial charge >= 0.3 is 6.09 Å². The quantitative estimate of drug-likeness (QED) is 0.335. The molecule has 0 atom stereocenters. The molecule has 0 unspecified atom stereocenters. The Labute approximate surface area is 187 Å². The number of guanidine groups is 1. The van der Waals surface area contributed by atoms with Gasteiger partial charge in [0.25, 0.3) is 0 Å². The molecule has 2 aliphatic carbocycles. The number of rotatable bonds is 6. The van der Waals surface area contributed by atoms with Gasteiger partial charge in [-0.15, -0.1) is 24.0 Å². The van der Waals surface area contributed by atoms with E-state index >= 15 is 0 Å². The molecular formula is C21H39IN4O2. The van der Waals surface area contributed by atoms with Gasteiger partial charge in [0.2, 0.25) is 0 Å². The van der Waals surface area contributed by atoms with E-state index in [1.54, 1.807) is 0 Å². The maximum absolute atomic E-state index is 12.8. The Hall–Kier alpha value is -0.730. The number of likely N-dealkylation sites (tertiary alicyclic amines) is 1. The van der Waals surface area contributed by atoms with E-state index in [9.17, 15) is 4.79 Å². The lowest BCUT2D eigenvalue weighted by Crippen LogP contribution is -2.52. The van der Waals surface area contributed by atoms with Gasteiger partial charge < -0.3 is 19.9 Å². The molecular weight excluding hydrogens is 467 g/mol. The van der Waals surface area contributed by atoms with Crippen LogP contribution in [0.2, 0.25) is 0 Å². The molecule has 0 spiro atoms.